The van der Waals surface area contributed by atoms with E-state index in [1.807, 2.05) is 12.3 Å². The van der Waals surface area contributed by atoms with Gasteiger partial charge in [-0.3, -0.25) is 9.69 Å². The number of hydrogen-bond acceptors (Lipinski definition) is 3. The van der Waals surface area contributed by atoms with E-state index >= 15 is 0 Å². The number of aliphatic hydroxyl groups excluding tert-OH is 1. The zero-order chi connectivity index (χ0) is 13.9. The maximum atomic E-state index is 11.6. The van der Waals surface area contributed by atoms with Gasteiger partial charge in [0.1, 0.15) is 0 Å². The molecular formula is C15H23N3O2. The van der Waals surface area contributed by atoms with Crippen LogP contribution in [0.4, 0.5) is 0 Å². The number of amides is 1. The second-order valence-corrected chi connectivity index (χ2v) is 5.88. The van der Waals surface area contributed by atoms with Crippen LogP contribution in [-0.2, 0) is 4.79 Å². The number of β-amino-alcohol motifs (C(OH)–C–C–N with tert-alkyl or cyclic N) is 1. The predicted octanol–water partition coefficient (Wildman–Crippen LogP) is 1.13. The minimum atomic E-state index is -0.451. The van der Waals surface area contributed by atoms with Crippen molar-refractivity contribution in [2.24, 2.45) is 0 Å². The molecule has 0 aliphatic carbocycles. The molecular weight excluding hydrogens is 254 g/mol. The molecule has 2 unspecified atom stereocenters. The molecule has 2 saturated heterocycles. The molecule has 0 aromatic carbocycles. The largest absolute Gasteiger partial charge is 0.390 e. The molecule has 20 heavy (non-hydrogen) atoms. The monoisotopic (exact) mass is 277 g/mol. The van der Waals surface area contributed by atoms with Crippen LogP contribution in [0.2, 0.25) is 0 Å². The highest BCUT2D eigenvalue weighted by atomic mass is 16.3. The van der Waals surface area contributed by atoms with Gasteiger partial charge in [-0.1, -0.05) is 0 Å². The molecule has 2 N–H and O–H groups in total. The van der Waals surface area contributed by atoms with Gasteiger partial charge >= 0.3 is 0 Å². The van der Waals surface area contributed by atoms with E-state index < -0.39 is 6.10 Å². The van der Waals surface area contributed by atoms with Gasteiger partial charge in [0.05, 0.1) is 6.10 Å². The van der Waals surface area contributed by atoms with E-state index in [-0.39, 0.29) is 5.91 Å². The van der Waals surface area contributed by atoms with E-state index in [0.717, 1.165) is 25.9 Å². The van der Waals surface area contributed by atoms with Crippen LogP contribution >= 0.6 is 0 Å². The number of aromatic nitrogens is 1. The van der Waals surface area contributed by atoms with Crippen molar-refractivity contribution >= 4 is 5.91 Å². The van der Waals surface area contributed by atoms with Crippen LogP contribution in [0.25, 0.3) is 0 Å². The minimum absolute atomic E-state index is 0.186. The van der Waals surface area contributed by atoms with Crippen LogP contribution < -0.4 is 0 Å². The first-order valence-corrected chi connectivity index (χ1v) is 7.57. The lowest BCUT2D eigenvalue weighted by atomic mass is 10.1. The molecule has 0 radical (unpaired) electrons. The summed E-state index contributed by atoms with van der Waals surface area (Å²) >= 11 is 0. The van der Waals surface area contributed by atoms with Gasteiger partial charge in [-0.05, 0) is 37.9 Å². The minimum Gasteiger partial charge on any atom is -0.390 e. The Bertz CT molecular complexity index is 446. The lowest BCUT2D eigenvalue weighted by Crippen LogP contribution is -2.40. The van der Waals surface area contributed by atoms with Gasteiger partial charge in [-0.15, -0.1) is 0 Å². The van der Waals surface area contributed by atoms with Gasteiger partial charge in [-0.25, -0.2) is 0 Å². The number of nitrogens with zero attached hydrogens (tertiary/aromatic N) is 2. The first kappa shape index (κ1) is 13.6. The fourth-order valence-corrected chi connectivity index (χ4v) is 3.43. The average Bonchev–Trinajstić information content (AvgIpc) is 3.11. The molecule has 3 heterocycles. The summed E-state index contributed by atoms with van der Waals surface area (Å²) in [5.74, 6) is 0.186. The number of H-pyrrole nitrogens is 1. The Balaban J connectivity index is 1.55. The lowest BCUT2D eigenvalue weighted by Gasteiger charge is -2.28. The summed E-state index contributed by atoms with van der Waals surface area (Å²) in [4.78, 5) is 19.0. The molecule has 2 aliphatic rings. The fourth-order valence-electron chi connectivity index (χ4n) is 3.43. The van der Waals surface area contributed by atoms with Gasteiger partial charge < -0.3 is 15.0 Å². The number of aliphatic hydroxyl groups is 1. The van der Waals surface area contributed by atoms with E-state index in [1.165, 1.54) is 12.1 Å². The lowest BCUT2D eigenvalue weighted by molar-refractivity contribution is -0.129. The number of nitrogens with one attached hydrogen (secondary N) is 1. The SMILES string of the molecule is O=C1CCCN1CC(O)CN1CCCC1c1ccc[nH]1. The highest BCUT2D eigenvalue weighted by Crippen LogP contribution is 2.30. The van der Waals surface area contributed by atoms with Crippen LogP contribution in [-0.4, -0.2) is 58.1 Å². The Morgan fingerprint density at radius 2 is 2.25 bits per heavy atom. The number of aromatic amines is 1. The summed E-state index contributed by atoms with van der Waals surface area (Å²) in [6.07, 6.45) is 5.37. The van der Waals surface area contributed by atoms with Gasteiger partial charge in [0.2, 0.25) is 5.91 Å². The van der Waals surface area contributed by atoms with Crippen molar-refractivity contribution in [3.05, 3.63) is 24.0 Å². The van der Waals surface area contributed by atoms with Crippen LogP contribution in [0.15, 0.2) is 18.3 Å². The topological polar surface area (TPSA) is 59.6 Å². The second kappa shape index (κ2) is 5.97. The molecule has 110 valence electrons. The van der Waals surface area contributed by atoms with Crippen LogP contribution in [0, 0.1) is 0 Å². The van der Waals surface area contributed by atoms with E-state index in [1.54, 1.807) is 4.90 Å². The molecule has 0 bridgehead atoms. The van der Waals surface area contributed by atoms with Gasteiger partial charge in [0, 0.05) is 44.0 Å². The predicted molar refractivity (Wildman–Crippen MR) is 76.2 cm³/mol. The smallest absolute Gasteiger partial charge is 0.222 e. The molecule has 1 aromatic heterocycles. The highest BCUT2D eigenvalue weighted by molar-refractivity contribution is 5.78. The summed E-state index contributed by atoms with van der Waals surface area (Å²) in [6.45, 7) is 2.95. The number of carbonyl (C=O) groups excluding carboxylic acids is 1. The maximum Gasteiger partial charge on any atom is 0.222 e. The Morgan fingerprint density at radius 3 is 2.95 bits per heavy atom. The van der Waals surface area contributed by atoms with Crippen LogP contribution in [0.3, 0.4) is 0 Å². The number of rotatable bonds is 5. The summed E-state index contributed by atoms with van der Waals surface area (Å²) < 4.78 is 0. The molecule has 5 nitrogen and oxygen atoms in total. The maximum absolute atomic E-state index is 11.6. The molecule has 3 rings (SSSR count). The Morgan fingerprint density at radius 1 is 1.35 bits per heavy atom. The third-order valence-corrected chi connectivity index (χ3v) is 4.39. The average molecular weight is 277 g/mol. The van der Waals surface area contributed by atoms with Crippen molar-refractivity contribution in [1.82, 2.24) is 14.8 Å². The van der Waals surface area contributed by atoms with Crippen molar-refractivity contribution in [2.45, 2.75) is 37.8 Å². The summed E-state index contributed by atoms with van der Waals surface area (Å²) in [5.41, 5.74) is 1.23. The molecule has 0 spiro atoms. The summed E-state index contributed by atoms with van der Waals surface area (Å²) in [6, 6.07) is 4.51. The quantitative estimate of drug-likeness (QED) is 0.848. The van der Waals surface area contributed by atoms with E-state index in [0.29, 0.717) is 25.6 Å². The van der Waals surface area contributed by atoms with Gasteiger partial charge in [0.15, 0.2) is 0 Å². The Hall–Kier alpha value is -1.33. The zero-order valence-electron chi connectivity index (χ0n) is 11.8. The molecule has 2 aliphatic heterocycles. The van der Waals surface area contributed by atoms with Crippen molar-refractivity contribution in [3.8, 4) is 0 Å². The highest BCUT2D eigenvalue weighted by Gasteiger charge is 2.29. The molecule has 2 atom stereocenters. The zero-order valence-corrected chi connectivity index (χ0v) is 11.8. The normalized spacial score (nSPS) is 25.6. The molecule has 1 amide bonds. The first-order chi connectivity index (χ1) is 9.74. The van der Waals surface area contributed by atoms with Crippen molar-refractivity contribution in [1.29, 1.82) is 0 Å². The van der Waals surface area contributed by atoms with Crippen molar-refractivity contribution < 1.29 is 9.90 Å². The second-order valence-electron chi connectivity index (χ2n) is 5.88. The summed E-state index contributed by atoms with van der Waals surface area (Å²) in [7, 11) is 0. The van der Waals surface area contributed by atoms with Gasteiger partial charge in [-0.2, -0.15) is 0 Å². The number of carbonyl (C=O) groups is 1. The van der Waals surface area contributed by atoms with E-state index in [4.69, 9.17) is 0 Å². The van der Waals surface area contributed by atoms with Crippen LogP contribution in [0.5, 0.6) is 0 Å². The molecule has 1 aromatic rings. The number of hydrogen-bond donors (Lipinski definition) is 2. The van der Waals surface area contributed by atoms with Crippen molar-refractivity contribution in [2.75, 3.05) is 26.2 Å². The van der Waals surface area contributed by atoms with Crippen molar-refractivity contribution in [3.63, 3.8) is 0 Å². The Labute approximate surface area is 119 Å². The molecule has 2 fully saturated rings. The standard InChI is InChI=1S/C15H23N3O2/c19-12(11-18-9-3-6-15(18)20)10-17-8-2-5-14(17)13-4-1-7-16-13/h1,4,7,12,14,16,19H,2-3,5-6,8-11H2. The Kier molecular flexibility index (Phi) is 4.08. The molecule has 0 saturated carbocycles. The summed E-state index contributed by atoms with van der Waals surface area (Å²) in [5, 5.41) is 10.3. The van der Waals surface area contributed by atoms with Crippen LogP contribution in [0.1, 0.15) is 37.4 Å². The van der Waals surface area contributed by atoms with E-state index in [9.17, 15) is 9.90 Å². The third kappa shape index (κ3) is 2.88. The molecule has 5 heteroatoms. The number of likely N-dealkylation sites (tertiary alicyclic amines) is 2. The van der Waals surface area contributed by atoms with E-state index in [2.05, 4.69) is 16.0 Å². The third-order valence-electron chi connectivity index (χ3n) is 4.39. The van der Waals surface area contributed by atoms with Gasteiger partial charge in [0.25, 0.3) is 0 Å². The first-order valence-electron chi connectivity index (χ1n) is 7.57. The fraction of sp³-hybridized carbons (Fsp3) is 0.667.